The van der Waals surface area contributed by atoms with Gasteiger partial charge < -0.3 is 9.84 Å². The Morgan fingerprint density at radius 3 is 2.65 bits per heavy atom. The molecule has 2 aromatic carbocycles. The van der Waals surface area contributed by atoms with Gasteiger partial charge >= 0.3 is 0 Å². The van der Waals surface area contributed by atoms with Crippen LogP contribution in [-0.2, 0) is 0 Å². The van der Waals surface area contributed by atoms with Crippen molar-refractivity contribution in [1.82, 2.24) is 5.16 Å². The van der Waals surface area contributed by atoms with Gasteiger partial charge in [-0.2, -0.15) is 0 Å². The van der Waals surface area contributed by atoms with Crippen LogP contribution in [0.5, 0.6) is 0 Å². The first-order valence-corrected chi connectivity index (χ1v) is 8.38. The summed E-state index contributed by atoms with van der Waals surface area (Å²) in [5.41, 5.74) is 2.63. The van der Waals surface area contributed by atoms with E-state index in [1.165, 1.54) is 0 Å². The highest BCUT2D eigenvalue weighted by Crippen LogP contribution is 2.26. The molecule has 1 aromatic heterocycles. The van der Waals surface area contributed by atoms with Crippen LogP contribution in [0.2, 0.25) is 0 Å². The molecule has 116 valence electrons. The van der Waals surface area contributed by atoms with Gasteiger partial charge in [0.2, 0.25) is 0 Å². The molecule has 1 amide bonds. The molecule has 0 radical (unpaired) electrons. The van der Waals surface area contributed by atoms with Crippen LogP contribution in [0.15, 0.2) is 64.0 Å². The lowest BCUT2D eigenvalue weighted by molar-refractivity contribution is 0.102. The lowest BCUT2D eigenvalue weighted by atomic mass is 10.1. The molecule has 0 spiro atoms. The number of aromatic nitrogens is 1. The smallest absolute Gasteiger partial charge is 0.261 e. The van der Waals surface area contributed by atoms with E-state index in [1.807, 2.05) is 60.9 Å². The van der Waals surface area contributed by atoms with Gasteiger partial charge in [-0.3, -0.25) is 4.79 Å². The number of thioether (sulfide) groups is 1. The van der Waals surface area contributed by atoms with Gasteiger partial charge in [-0.05, 0) is 31.4 Å². The number of benzene rings is 2. The van der Waals surface area contributed by atoms with Crippen LogP contribution >= 0.6 is 11.8 Å². The molecule has 0 aliphatic carbocycles. The Bertz CT molecular complexity index is 828. The van der Waals surface area contributed by atoms with E-state index in [2.05, 4.69) is 10.5 Å². The predicted octanol–water partition coefficient (Wildman–Crippen LogP) is 4.62. The second-order valence-corrected chi connectivity index (χ2v) is 5.89. The Hall–Kier alpha value is -2.53. The summed E-state index contributed by atoms with van der Waals surface area (Å²) in [6.45, 7) is 1.74. The van der Waals surface area contributed by atoms with Crippen molar-refractivity contribution in [3.05, 3.63) is 65.9 Å². The molecule has 0 bridgehead atoms. The number of nitrogens with zero attached hydrogens (tertiary/aromatic N) is 1. The highest BCUT2D eigenvalue weighted by atomic mass is 32.2. The maximum absolute atomic E-state index is 12.7. The van der Waals surface area contributed by atoms with E-state index in [1.54, 1.807) is 18.7 Å². The van der Waals surface area contributed by atoms with Crippen LogP contribution < -0.4 is 5.32 Å². The number of nitrogens with one attached hydrogen (secondary N) is 1. The predicted molar refractivity (Wildman–Crippen MR) is 92.9 cm³/mol. The fraction of sp³-hybridized carbons (Fsp3) is 0.111. The zero-order valence-electron chi connectivity index (χ0n) is 12.9. The minimum absolute atomic E-state index is 0.221. The fourth-order valence-electron chi connectivity index (χ4n) is 2.33. The van der Waals surface area contributed by atoms with Crippen molar-refractivity contribution in [3.63, 3.8) is 0 Å². The molecular formula is C18H16N2O2S. The average Bonchev–Trinajstić information content (AvgIpc) is 2.97. The molecule has 23 heavy (non-hydrogen) atoms. The molecule has 0 saturated carbocycles. The standard InChI is InChI=1S/C18H16N2O2S/c1-12-16(17(20-22-12)13-7-4-3-5-8-13)18(21)19-14-9-6-10-15(11-14)23-2/h3-11H,1-2H3,(H,19,21). The number of anilines is 1. The van der Waals surface area contributed by atoms with E-state index in [0.29, 0.717) is 17.0 Å². The topological polar surface area (TPSA) is 55.1 Å². The minimum Gasteiger partial charge on any atom is -0.360 e. The van der Waals surface area contributed by atoms with E-state index >= 15 is 0 Å². The van der Waals surface area contributed by atoms with Gasteiger partial charge in [0.25, 0.3) is 5.91 Å². The second-order valence-electron chi connectivity index (χ2n) is 5.01. The first-order chi connectivity index (χ1) is 11.2. The molecule has 0 aliphatic heterocycles. The van der Waals surface area contributed by atoms with Gasteiger partial charge in [-0.1, -0.05) is 41.6 Å². The van der Waals surface area contributed by atoms with Gasteiger partial charge in [0.15, 0.2) is 0 Å². The van der Waals surface area contributed by atoms with Crippen molar-refractivity contribution in [3.8, 4) is 11.3 Å². The maximum Gasteiger partial charge on any atom is 0.261 e. The fourth-order valence-corrected chi connectivity index (χ4v) is 2.79. The molecule has 1 heterocycles. The first-order valence-electron chi connectivity index (χ1n) is 7.16. The highest BCUT2D eigenvalue weighted by molar-refractivity contribution is 7.98. The van der Waals surface area contributed by atoms with Gasteiger partial charge in [0, 0.05) is 16.1 Å². The number of rotatable bonds is 4. The van der Waals surface area contributed by atoms with E-state index in [0.717, 1.165) is 16.1 Å². The molecule has 3 rings (SSSR count). The Labute approximate surface area is 138 Å². The minimum atomic E-state index is -0.221. The summed E-state index contributed by atoms with van der Waals surface area (Å²) in [6.07, 6.45) is 2.00. The molecule has 0 saturated heterocycles. The van der Waals surface area contributed by atoms with Gasteiger partial charge in [-0.25, -0.2) is 0 Å². The van der Waals surface area contributed by atoms with Crippen LogP contribution in [0.4, 0.5) is 5.69 Å². The zero-order valence-corrected chi connectivity index (χ0v) is 13.7. The van der Waals surface area contributed by atoms with Crippen molar-refractivity contribution < 1.29 is 9.32 Å². The Kier molecular flexibility index (Phi) is 4.48. The highest BCUT2D eigenvalue weighted by Gasteiger charge is 2.21. The third-order valence-electron chi connectivity index (χ3n) is 3.46. The molecule has 0 atom stereocenters. The summed E-state index contributed by atoms with van der Waals surface area (Å²) in [5, 5.41) is 6.96. The van der Waals surface area contributed by atoms with E-state index in [4.69, 9.17) is 4.52 Å². The number of carbonyl (C=O) groups is 1. The van der Waals surface area contributed by atoms with Crippen LogP contribution in [-0.4, -0.2) is 17.3 Å². The van der Waals surface area contributed by atoms with Gasteiger partial charge in [-0.15, -0.1) is 11.8 Å². The summed E-state index contributed by atoms with van der Waals surface area (Å²) in [4.78, 5) is 13.8. The summed E-state index contributed by atoms with van der Waals surface area (Å²) >= 11 is 1.63. The molecule has 1 N–H and O–H groups in total. The lowest BCUT2D eigenvalue weighted by Crippen LogP contribution is -2.13. The molecule has 3 aromatic rings. The molecule has 5 heteroatoms. The molecule has 0 unspecified atom stereocenters. The normalized spacial score (nSPS) is 10.5. The largest absolute Gasteiger partial charge is 0.360 e. The van der Waals surface area contributed by atoms with Crippen LogP contribution in [0.25, 0.3) is 11.3 Å². The van der Waals surface area contributed by atoms with Crippen molar-refractivity contribution in [2.45, 2.75) is 11.8 Å². The second kappa shape index (κ2) is 6.71. The lowest BCUT2D eigenvalue weighted by Gasteiger charge is -2.07. The van der Waals surface area contributed by atoms with Crippen LogP contribution in [0.3, 0.4) is 0 Å². The third-order valence-corrected chi connectivity index (χ3v) is 4.19. The zero-order chi connectivity index (χ0) is 16.2. The number of carbonyl (C=O) groups excluding carboxylic acids is 1. The van der Waals surface area contributed by atoms with E-state index in [-0.39, 0.29) is 5.91 Å². The number of amides is 1. The van der Waals surface area contributed by atoms with Gasteiger partial charge in [0.05, 0.1) is 0 Å². The molecule has 0 fully saturated rings. The summed E-state index contributed by atoms with van der Waals surface area (Å²) in [5.74, 6) is 0.281. The monoisotopic (exact) mass is 324 g/mol. The quantitative estimate of drug-likeness (QED) is 0.711. The maximum atomic E-state index is 12.7. The number of hydrogen-bond donors (Lipinski definition) is 1. The molecule has 0 aliphatic rings. The molecular weight excluding hydrogens is 308 g/mol. The van der Waals surface area contributed by atoms with Crippen molar-refractivity contribution in [1.29, 1.82) is 0 Å². The van der Waals surface area contributed by atoms with E-state index < -0.39 is 0 Å². The number of hydrogen-bond acceptors (Lipinski definition) is 4. The van der Waals surface area contributed by atoms with Crippen molar-refractivity contribution in [2.75, 3.05) is 11.6 Å². The SMILES string of the molecule is CSc1cccc(NC(=O)c2c(-c3ccccc3)noc2C)c1. The number of aryl methyl sites for hydroxylation is 1. The summed E-state index contributed by atoms with van der Waals surface area (Å²) < 4.78 is 5.24. The molecule has 4 nitrogen and oxygen atoms in total. The Morgan fingerprint density at radius 1 is 1.13 bits per heavy atom. The van der Waals surface area contributed by atoms with Crippen molar-refractivity contribution >= 4 is 23.4 Å². The third kappa shape index (κ3) is 3.29. The average molecular weight is 324 g/mol. The van der Waals surface area contributed by atoms with Crippen molar-refractivity contribution in [2.24, 2.45) is 0 Å². The first kappa shape index (κ1) is 15.4. The Balaban J connectivity index is 1.92. The summed E-state index contributed by atoms with van der Waals surface area (Å²) in [7, 11) is 0. The van der Waals surface area contributed by atoms with Crippen LogP contribution in [0, 0.1) is 6.92 Å². The van der Waals surface area contributed by atoms with Gasteiger partial charge in [0.1, 0.15) is 17.0 Å². The van der Waals surface area contributed by atoms with Crippen LogP contribution in [0.1, 0.15) is 16.1 Å². The van der Waals surface area contributed by atoms with E-state index in [9.17, 15) is 4.79 Å². The Morgan fingerprint density at radius 2 is 1.91 bits per heavy atom. The summed E-state index contributed by atoms with van der Waals surface area (Å²) in [6, 6.07) is 17.3.